The molecular formula is C15H15N3O2S. The van der Waals surface area contributed by atoms with Crippen LogP contribution in [-0.2, 0) is 0 Å². The molecule has 0 atom stereocenters. The Balaban J connectivity index is 2.23. The predicted octanol–water partition coefficient (Wildman–Crippen LogP) is 2.60. The van der Waals surface area contributed by atoms with Gasteiger partial charge in [0.2, 0.25) is 0 Å². The first-order valence-corrected chi connectivity index (χ1v) is 6.62. The fraction of sp³-hybridized carbons (Fsp3) is 0.0667. The quantitative estimate of drug-likeness (QED) is 0.757. The minimum absolute atomic E-state index is 0.105. The number of ether oxygens (including phenoxy) is 1. The Bertz CT molecular complexity index is 659. The molecular weight excluding hydrogens is 286 g/mol. The van der Waals surface area contributed by atoms with Crippen LogP contribution in [0.5, 0.6) is 5.75 Å². The van der Waals surface area contributed by atoms with E-state index in [1.54, 1.807) is 18.2 Å². The lowest BCUT2D eigenvalue weighted by Crippen LogP contribution is -2.20. The van der Waals surface area contributed by atoms with Crippen molar-refractivity contribution in [2.75, 3.05) is 17.7 Å². The Morgan fingerprint density at radius 2 is 1.86 bits per heavy atom. The van der Waals surface area contributed by atoms with Crippen LogP contribution in [0.4, 0.5) is 11.4 Å². The average Bonchev–Trinajstić information content (AvgIpc) is 2.47. The summed E-state index contributed by atoms with van der Waals surface area (Å²) in [5.74, 6) is 0.328. The molecule has 0 aliphatic heterocycles. The maximum atomic E-state index is 12.2. The smallest absolute Gasteiger partial charge is 0.255 e. The summed E-state index contributed by atoms with van der Waals surface area (Å²) in [6.45, 7) is 0. The highest BCUT2D eigenvalue weighted by Crippen LogP contribution is 2.25. The number of para-hydroxylation sites is 1. The van der Waals surface area contributed by atoms with E-state index in [0.29, 0.717) is 17.0 Å². The lowest BCUT2D eigenvalue weighted by Gasteiger charge is -2.12. The molecule has 4 N–H and O–H groups in total. The zero-order valence-electron chi connectivity index (χ0n) is 11.4. The molecule has 5 nitrogen and oxygen atoms in total. The number of benzene rings is 2. The van der Waals surface area contributed by atoms with Gasteiger partial charge in [-0.3, -0.25) is 4.79 Å². The molecule has 0 saturated carbocycles. The average molecular weight is 301 g/mol. The first-order chi connectivity index (χ1) is 10.1. The number of thiocarbonyl (C=S) groups is 1. The highest BCUT2D eigenvalue weighted by molar-refractivity contribution is 7.80. The van der Waals surface area contributed by atoms with E-state index in [2.05, 4.69) is 10.6 Å². The van der Waals surface area contributed by atoms with Crippen molar-refractivity contribution in [1.82, 2.24) is 0 Å². The number of carbonyl (C=O) groups excluding carboxylic acids is 1. The summed E-state index contributed by atoms with van der Waals surface area (Å²) < 4.78 is 5.19. The summed E-state index contributed by atoms with van der Waals surface area (Å²) in [5.41, 5.74) is 7.20. The topological polar surface area (TPSA) is 76.4 Å². The van der Waals surface area contributed by atoms with Gasteiger partial charge in [0, 0.05) is 11.3 Å². The number of nitrogens with one attached hydrogen (secondary N) is 2. The number of hydrogen-bond acceptors (Lipinski definition) is 3. The van der Waals surface area contributed by atoms with E-state index in [1.807, 2.05) is 30.3 Å². The monoisotopic (exact) mass is 301 g/mol. The fourth-order valence-electron chi connectivity index (χ4n) is 1.80. The summed E-state index contributed by atoms with van der Waals surface area (Å²) in [5, 5.41) is 5.70. The molecule has 2 aromatic carbocycles. The number of anilines is 2. The molecule has 0 aromatic heterocycles. The third-order valence-electron chi connectivity index (χ3n) is 2.75. The molecule has 2 rings (SSSR count). The summed E-state index contributed by atoms with van der Waals surface area (Å²) in [7, 11) is 1.53. The standard InChI is InChI=1S/C15H15N3O2S/c1-20-13-8-7-10(9-12(13)18-15(16)21)14(19)17-11-5-3-2-4-6-11/h2-9H,1H3,(H,17,19)(H3,16,18,21). The number of nitrogens with two attached hydrogens (primary N) is 1. The number of rotatable bonds is 4. The molecule has 2 aromatic rings. The van der Waals surface area contributed by atoms with E-state index >= 15 is 0 Å². The molecule has 1 amide bonds. The second-order valence-corrected chi connectivity index (χ2v) is 4.66. The van der Waals surface area contributed by atoms with Crippen LogP contribution < -0.4 is 21.1 Å². The summed E-state index contributed by atoms with van der Waals surface area (Å²) >= 11 is 4.81. The van der Waals surface area contributed by atoms with Crippen LogP contribution in [0.1, 0.15) is 10.4 Å². The van der Waals surface area contributed by atoms with Gasteiger partial charge in [-0.25, -0.2) is 0 Å². The van der Waals surface area contributed by atoms with Gasteiger partial charge in [0.15, 0.2) is 5.11 Å². The van der Waals surface area contributed by atoms with Crippen molar-refractivity contribution in [2.24, 2.45) is 5.73 Å². The number of carbonyl (C=O) groups is 1. The lowest BCUT2D eigenvalue weighted by molar-refractivity contribution is 0.102. The van der Waals surface area contributed by atoms with Gasteiger partial charge in [-0.2, -0.15) is 0 Å². The van der Waals surface area contributed by atoms with Gasteiger partial charge in [0.1, 0.15) is 5.75 Å². The summed E-state index contributed by atoms with van der Waals surface area (Å²) in [6, 6.07) is 14.2. The Morgan fingerprint density at radius 3 is 2.48 bits per heavy atom. The molecule has 21 heavy (non-hydrogen) atoms. The van der Waals surface area contributed by atoms with E-state index in [9.17, 15) is 4.79 Å². The lowest BCUT2D eigenvalue weighted by atomic mass is 10.1. The Kier molecular flexibility index (Phi) is 4.73. The van der Waals surface area contributed by atoms with Crippen molar-refractivity contribution >= 4 is 34.6 Å². The van der Waals surface area contributed by atoms with Gasteiger partial charge in [0.05, 0.1) is 12.8 Å². The van der Waals surface area contributed by atoms with E-state index < -0.39 is 0 Å². The summed E-state index contributed by atoms with van der Waals surface area (Å²) in [6.07, 6.45) is 0. The van der Waals surface area contributed by atoms with Gasteiger partial charge >= 0.3 is 0 Å². The number of amides is 1. The first-order valence-electron chi connectivity index (χ1n) is 6.21. The molecule has 0 aliphatic carbocycles. The van der Waals surface area contributed by atoms with Crippen LogP contribution in [0.3, 0.4) is 0 Å². The van der Waals surface area contributed by atoms with Crippen LogP contribution in [0.2, 0.25) is 0 Å². The molecule has 0 fully saturated rings. The van der Waals surface area contributed by atoms with Crippen molar-refractivity contribution in [3.05, 3.63) is 54.1 Å². The van der Waals surface area contributed by atoms with E-state index in [-0.39, 0.29) is 11.0 Å². The molecule has 6 heteroatoms. The minimum Gasteiger partial charge on any atom is -0.495 e. The van der Waals surface area contributed by atoms with Crippen LogP contribution in [-0.4, -0.2) is 18.1 Å². The molecule has 0 radical (unpaired) electrons. The highest BCUT2D eigenvalue weighted by Gasteiger charge is 2.11. The maximum absolute atomic E-state index is 12.2. The second kappa shape index (κ2) is 6.71. The molecule has 0 aliphatic rings. The zero-order chi connectivity index (χ0) is 15.2. The normalized spacial score (nSPS) is 9.76. The maximum Gasteiger partial charge on any atom is 0.255 e. The van der Waals surface area contributed by atoms with Gasteiger partial charge in [0.25, 0.3) is 5.91 Å². The molecule has 0 spiro atoms. The van der Waals surface area contributed by atoms with Crippen molar-refractivity contribution in [1.29, 1.82) is 0 Å². The van der Waals surface area contributed by atoms with Crippen LogP contribution in [0.15, 0.2) is 48.5 Å². The molecule has 0 unspecified atom stereocenters. The van der Waals surface area contributed by atoms with Gasteiger partial charge in [-0.15, -0.1) is 0 Å². The third-order valence-corrected chi connectivity index (χ3v) is 2.85. The van der Waals surface area contributed by atoms with E-state index in [4.69, 9.17) is 22.7 Å². The molecule has 0 bridgehead atoms. The van der Waals surface area contributed by atoms with Gasteiger partial charge in [-0.05, 0) is 42.5 Å². The number of methoxy groups -OCH3 is 1. The zero-order valence-corrected chi connectivity index (χ0v) is 12.2. The third kappa shape index (κ3) is 3.93. The van der Waals surface area contributed by atoms with Crippen molar-refractivity contribution < 1.29 is 9.53 Å². The second-order valence-electron chi connectivity index (χ2n) is 4.22. The molecule has 0 saturated heterocycles. The van der Waals surface area contributed by atoms with Gasteiger partial charge < -0.3 is 21.1 Å². The van der Waals surface area contributed by atoms with Crippen LogP contribution >= 0.6 is 12.2 Å². The molecule has 0 heterocycles. The van der Waals surface area contributed by atoms with Crippen molar-refractivity contribution in [3.63, 3.8) is 0 Å². The highest BCUT2D eigenvalue weighted by atomic mass is 32.1. The Hall–Kier alpha value is -2.60. The van der Waals surface area contributed by atoms with Crippen molar-refractivity contribution in [3.8, 4) is 5.75 Å². The van der Waals surface area contributed by atoms with Gasteiger partial charge in [-0.1, -0.05) is 18.2 Å². The van der Waals surface area contributed by atoms with Crippen LogP contribution in [0.25, 0.3) is 0 Å². The largest absolute Gasteiger partial charge is 0.495 e. The number of hydrogen-bond donors (Lipinski definition) is 3. The Labute approximate surface area is 128 Å². The van der Waals surface area contributed by atoms with Crippen molar-refractivity contribution in [2.45, 2.75) is 0 Å². The summed E-state index contributed by atoms with van der Waals surface area (Å²) in [4.78, 5) is 12.2. The first kappa shape index (κ1) is 14.8. The molecule has 108 valence electrons. The van der Waals surface area contributed by atoms with Crippen LogP contribution in [0, 0.1) is 0 Å². The van der Waals surface area contributed by atoms with E-state index in [1.165, 1.54) is 7.11 Å². The predicted molar refractivity (Wildman–Crippen MR) is 87.8 cm³/mol. The fourth-order valence-corrected chi connectivity index (χ4v) is 1.91. The SMILES string of the molecule is COc1ccc(C(=O)Nc2ccccc2)cc1NC(N)=S. The van der Waals surface area contributed by atoms with E-state index in [0.717, 1.165) is 5.69 Å². The Morgan fingerprint density at radius 1 is 1.14 bits per heavy atom. The minimum atomic E-state index is -0.227.